The predicted octanol–water partition coefficient (Wildman–Crippen LogP) is 7.04. The van der Waals surface area contributed by atoms with Gasteiger partial charge in [-0.25, -0.2) is 9.69 Å². The van der Waals surface area contributed by atoms with Crippen molar-refractivity contribution < 1.29 is 24.0 Å². The number of benzene rings is 3. The standard InChI is InChI=1S/C30H28N2O5/c1-4-36-29(35)32(25-7-5-6-19(2)18-25)27-20(3)37-31-26(27)23-10-8-21(9-11-23)22-12-14-24(15-13-22)30(16-17-30)28(33)34/h5-15,18H,4,16-17H2,1-3H3,(H,33,34). The lowest BCUT2D eigenvalue weighted by molar-refractivity contribution is -0.140. The second kappa shape index (κ2) is 9.58. The molecule has 188 valence electrons. The molecule has 0 radical (unpaired) electrons. The molecule has 1 heterocycles. The Kier molecular flexibility index (Phi) is 6.29. The first-order chi connectivity index (χ1) is 17.8. The van der Waals surface area contributed by atoms with Gasteiger partial charge in [-0.05, 0) is 68.0 Å². The van der Waals surface area contributed by atoms with Crippen LogP contribution in [0.1, 0.15) is 36.7 Å². The average Bonchev–Trinajstić information content (AvgIpc) is 3.63. The molecule has 1 aliphatic rings. The second-order valence-electron chi connectivity index (χ2n) is 9.35. The number of hydrogen-bond donors (Lipinski definition) is 1. The van der Waals surface area contributed by atoms with Crippen LogP contribution in [0.5, 0.6) is 0 Å². The van der Waals surface area contributed by atoms with Crippen LogP contribution in [0, 0.1) is 13.8 Å². The lowest BCUT2D eigenvalue weighted by Gasteiger charge is -2.22. The molecule has 0 atom stereocenters. The summed E-state index contributed by atoms with van der Waals surface area (Å²) in [7, 11) is 0. The van der Waals surface area contributed by atoms with E-state index < -0.39 is 17.5 Å². The van der Waals surface area contributed by atoms with Crippen molar-refractivity contribution in [2.45, 2.75) is 39.0 Å². The quantitative estimate of drug-likeness (QED) is 0.295. The number of anilines is 2. The van der Waals surface area contributed by atoms with Gasteiger partial charge in [0, 0.05) is 5.56 Å². The van der Waals surface area contributed by atoms with Gasteiger partial charge in [0.1, 0.15) is 11.4 Å². The number of aromatic nitrogens is 1. The molecule has 3 aromatic carbocycles. The Bertz CT molecular complexity index is 1450. The van der Waals surface area contributed by atoms with Crippen LogP contribution in [0.25, 0.3) is 22.4 Å². The van der Waals surface area contributed by atoms with E-state index in [4.69, 9.17) is 9.26 Å². The molecule has 4 aromatic rings. The van der Waals surface area contributed by atoms with E-state index in [0.29, 0.717) is 35.7 Å². The van der Waals surface area contributed by atoms with E-state index in [2.05, 4.69) is 5.16 Å². The summed E-state index contributed by atoms with van der Waals surface area (Å²) in [5.41, 5.74) is 5.63. The Labute approximate surface area is 215 Å². The van der Waals surface area contributed by atoms with Crippen molar-refractivity contribution in [2.24, 2.45) is 0 Å². The number of aryl methyl sites for hydroxylation is 2. The minimum absolute atomic E-state index is 0.238. The maximum absolute atomic E-state index is 13.1. The number of amides is 1. The van der Waals surface area contributed by atoms with Gasteiger partial charge in [0.25, 0.3) is 0 Å². The summed E-state index contributed by atoms with van der Waals surface area (Å²) in [5.74, 6) is -0.262. The molecular formula is C30H28N2O5. The van der Waals surface area contributed by atoms with Gasteiger partial charge in [-0.15, -0.1) is 0 Å². The topological polar surface area (TPSA) is 92.9 Å². The molecule has 0 aliphatic heterocycles. The van der Waals surface area contributed by atoms with E-state index in [9.17, 15) is 14.7 Å². The zero-order valence-corrected chi connectivity index (χ0v) is 21.0. The van der Waals surface area contributed by atoms with Crippen molar-refractivity contribution in [1.82, 2.24) is 5.16 Å². The molecular weight excluding hydrogens is 468 g/mol. The SMILES string of the molecule is CCOC(=O)N(c1cccc(C)c1)c1c(-c2ccc(-c3ccc(C4(C(=O)O)CC4)cc3)cc2)noc1C. The number of aliphatic carboxylic acids is 1. The molecule has 37 heavy (non-hydrogen) atoms. The van der Waals surface area contributed by atoms with Gasteiger partial charge in [0.05, 0.1) is 17.7 Å². The largest absolute Gasteiger partial charge is 0.481 e. The molecule has 1 fully saturated rings. The Balaban J connectivity index is 1.48. The van der Waals surface area contributed by atoms with Gasteiger partial charge in [0.2, 0.25) is 0 Å². The summed E-state index contributed by atoms with van der Waals surface area (Å²) in [6.07, 6.45) is 0.856. The number of carboxylic acids is 1. The van der Waals surface area contributed by atoms with E-state index in [1.54, 1.807) is 13.8 Å². The fourth-order valence-electron chi connectivity index (χ4n) is 4.65. The Morgan fingerprint density at radius 1 is 0.973 bits per heavy atom. The lowest BCUT2D eigenvalue weighted by atomic mass is 9.93. The smallest absolute Gasteiger partial charge is 0.419 e. The lowest BCUT2D eigenvalue weighted by Crippen LogP contribution is -2.27. The van der Waals surface area contributed by atoms with Gasteiger partial charge in [-0.1, -0.05) is 65.8 Å². The molecule has 7 heteroatoms. The van der Waals surface area contributed by atoms with E-state index >= 15 is 0 Å². The van der Waals surface area contributed by atoms with Crippen molar-refractivity contribution in [3.8, 4) is 22.4 Å². The number of ether oxygens (including phenoxy) is 1. The van der Waals surface area contributed by atoms with Gasteiger partial charge >= 0.3 is 12.1 Å². The zero-order valence-electron chi connectivity index (χ0n) is 21.0. The molecule has 5 rings (SSSR count). The van der Waals surface area contributed by atoms with Gasteiger partial charge < -0.3 is 14.4 Å². The maximum atomic E-state index is 13.1. The number of nitrogens with zero attached hydrogens (tertiary/aromatic N) is 2. The highest BCUT2D eigenvalue weighted by Crippen LogP contribution is 2.48. The summed E-state index contributed by atoms with van der Waals surface area (Å²) in [6.45, 7) is 5.74. The highest BCUT2D eigenvalue weighted by molar-refractivity contribution is 6.00. The van der Waals surface area contributed by atoms with Crippen LogP contribution in [0.3, 0.4) is 0 Å². The summed E-state index contributed by atoms with van der Waals surface area (Å²) in [6, 6.07) is 23.2. The third-order valence-corrected chi connectivity index (χ3v) is 6.85. The number of carbonyl (C=O) groups is 2. The third-order valence-electron chi connectivity index (χ3n) is 6.85. The van der Waals surface area contributed by atoms with E-state index in [-0.39, 0.29) is 6.61 Å². The fourth-order valence-corrected chi connectivity index (χ4v) is 4.65. The van der Waals surface area contributed by atoms with Crippen molar-refractivity contribution in [3.05, 3.63) is 89.7 Å². The molecule has 0 spiro atoms. The molecule has 0 bridgehead atoms. The zero-order chi connectivity index (χ0) is 26.2. The van der Waals surface area contributed by atoms with Crippen LogP contribution < -0.4 is 4.90 Å². The van der Waals surface area contributed by atoms with Crippen molar-refractivity contribution in [2.75, 3.05) is 11.5 Å². The van der Waals surface area contributed by atoms with Crippen molar-refractivity contribution in [3.63, 3.8) is 0 Å². The first kappa shape index (κ1) is 24.3. The predicted molar refractivity (Wildman–Crippen MR) is 141 cm³/mol. The number of carboxylic acid groups (broad SMARTS) is 1. The van der Waals surface area contributed by atoms with E-state index in [0.717, 1.165) is 27.8 Å². The van der Waals surface area contributed by atoms with E-state index in [1.165, 1.54) is 4.90 Å². The summed E-state index contributed by atoms with van der Waals surface area (Å²) in [4.78, 5) is 26.2. The Morgan fingerprint density at radius 3 is 2.16 bits per heavy atom. The van der Waals surface area contributed by atoms with Gasteiger partial charge in [-0.2, -0.15) is 0 Å². The van der Waals surface area contributed by atoms with E-state index in [1.807, 2.05) is 79.7 Å². The Hall–Kier alpha value is -4.39. The van der Waals surface area contributed by atoms with Crippen LogP contribution in [0.15, 0.2) is 77.3 Å². The molecule has 1 N–H and O–H groups in total. The van der Waals surface area contributed by atoms with Crippen molar-refractivity contribution in [1.29, 1.82) is 0 Å². The summed E-state index contributed by atoms with van der Waals surface area (Å²) < 4.78 is 10.9. The molecule has 1 aliphatic carbocycles. The molecule has 1 amide bonds. The highest BCUT2D eigenvalue weighted by atomic mass is 16.6. The summed E-state index contributed by atoms with van der Waals surface area (Å²) >= 11 is 0. The van der Waals surface area contributed by atoms with Crippen LogP contribution in [0.2, 0.25) is 0 Å². The van der Waals surface area contributed by atoms with Crippen LogP contribution >= 0.6 is 0 Å². The highest BCUT2D eigenvalue weighted by Gasteiger charge is 2.51. The summed E-state index contributed by atoms with van der Waals surface area (Å²) in [5, 5.41) is 13.8. The fraction of sp³-hybridized carbons (Fsp3) is 0.233. The Morgan fingerprint density at radius 2 is 1.59 bits per heavy atom. The van der Waals surface area contributed by atoms with Crippen LogP contribution in [-0.2, 0) is 14.9 Å². The molecule has 0 saturated heterocycles. The first-order valence-corrected chi connectivity index (χ1v) is 12.3. The minimum Gasteiger partial charge on any atom is -0.481 e. The number of rotatable bonds is 7. The normalized spacial score (nSPS) is 13.7. The van der Waals surface area contributed by atoms with Crippen molar-refractivity contribution >= 4 is 23.4 Å². The molecule has 1 saturated carbocycles. The first-order valence-electron chi connectivity index (χ1n) is 12.3. The minimum atomic E-state index is -0.758. The third kappa shape index (κ3) is 4.48. The molecule has 7 nitrogen and oxygen atoms in total. The second-order valence-corrected chi connectivity index (χ2v) is 9.35. The van der Waals surface area contributed by atoms with Crippen LogP contribution in [0.4, 0.5) is 16.2 Å². The molecule has 1 aromatic heterocycles. The number of carbonyl (C=O) groups excluding carboxylic acids is 1. The van der Waals surface area contributed by atoms with Gasteiger partial charge in [0.15, 0.2) is 5.76 Å². The van der Waals surface area contributed by atoms with Gasteiger partial charge in [-0.3, -0.25) is 4.79 Å². The monoisotopic (exact) mass is 496 g/mol. The number of hydrogen-bond acceptors (Lipinski definition) is 5. The maximum Gasteiger partial charge on any atom is 0.419 e. The van der Waals surface area contributed by atoms with Crippen LogP contribution in [-0.4, -0.2) is 28.9 Å². The average molecular weight is 497 g/mol. The molecule has 0 unspecified atom stereocenters.